The van der Waals surface area contributed by atoms with Gasteiger partial charge >= 0.3 is 0 Å². The van der Waals surface area contributed by atoms with E-state index < -0.39 is 5.60 Å². The van der Waals surface area contributed by atoms with Crippen molar-refractivity contribution in [1.29, 1.82) is 0 Å². The van der Waals surface area contributed by atoms with E-state index >= 15 is 0 Å². The monoisotopic (exact) mass is 222 g/mol. The molecule has 0 saturated heterocycles. The molecule has 0 unspecified atom stereocenters. The molecule has 16 heavy (non-hydrogen) atoms. The van der Waals surface area contributed by atoms with Crippen molar-refractivity contribution in [3.05, 3.63) is 48.6 Å². The molecule has 0 aliphatic rings. The van der Waals surface area contributed by atoms with Crippen molar-refractivity contribution >= 4 is 0 Å². The quantitative estimate of drug-likeness (QED) is 0.687. The Hall–Kier alpha value is -1.16. The Labute approximate surface area is 96.0 Å². The van der Waals surface area contributed by atoms with Crippen molar-refractivity contribution in [1.82, 2.24) is 0 Å². The van der Waals surface area contributed by atoms with Crippen LogP contribution in [0.25, 0.3) is 0 Å². The number of hydrogen-bond donors (Lipinski definition) is 2. The predicted octanol–water partition coefficient (Wildman–Crippen LogP) is 1.50. The van der Waals surface area contributed by atoms with Crippen LogP contribution in [0, 0.1) is 0 Å². The van der Waals surface area contributed by atoms with Crippen molar-refractivity contribution in [3.8, 4) is 0 Å². The fourth-order valence-electron chi connectivity index (χ4n) is 1.40. The van der Waals surface area contributed by atoms with Crippen LogP contribution in [-0.4, -0.2) is 29.0 Å². The van der Waals surface area contributed by atoms with Gasteiger partial charge in [-0.05, 0) is 12.0 Å². The van der Waals surface area contributed by atoms with E-state index in [0.717, 1.165) is 5.56 Å². The highest BCUT2D eigenvalue weighted by atomic mass is 16.5. The number of hydrogen-bond acceptors (Lipinski definition) is 3. The van der Waals surface area contributed by atoms with Gasteiger partial charge in [0.1, 0.15) is 5.60 Å². The molecule has 2 N–H and O–H groups in total. The molecular weight excluding hydrogens is 204 g/mol. The van der Waals surface area contributed by atoms with Gasteiger partial charge in [-0.1, -0.05) is 36.4 Å². The molecule has 0 radical (unpaired) electrons. The van der Waals surface area contributed by atoms with Gasteiger partial charge in [-0.2, -0.15) is 0 Å². The van der Waals surface area contributed by atoms with Gasteiger partial charge in [-0.3, -0.25) is 0 Å². The van der Waals surface area contributed by atoms with Crippen LogP contribution in [0.4, 0.5) is 0 Å². The second-order valence-corrected chi connectivity index (χ2v) is 3.77. The van der Waals surface area contributed by atoms with Crippen molar-refractivity contribution < 1.29 is 14.9 Å². The van der Waals surface area contributed by atoms with Gasteiger partial charge < -0.3 is 14.9 Å². The summed E-state index contributed by atoms with van der Waals surface area (Å²) >= 11 is 0. The first-order chi connectivity index (χ1) is 7.76. The topological polar surface area (TPSA) is 49.7 Å². The summed E-state index contributed by atoms with van der Waals surface area (Å²) in [5.41, 5.74) is 0.0928. The molecule has 0 heterocycles. The first-order valence-corrected chi connectivity index (χ1v) is 5.27. The van der Waals surface area contributed by atoms with Crippen molar-refractivity contribution in [3.63, 3.8) is 0 Å². The Kier molecular flexibility index (Phi) is 5.19. The fourth-order valence-corrected chi connectivity index (χ4v) is 1.40. The standard InChI is InChI=1S/C13H18O3/c1-2-8-13(10-14,11-15)16-9-12-6-4-3-5-7-12/h2-7,14-15H,1,8-11H2. The van der Waals surface area contributed by atoms with Crippen LogP contribution in [0.1, 0.15) is 12.0 Å². The molecule has 0 aliphatic carbocycles. The van der Waals surface area contributed by atoms with Gasteiger partial charge in [-0.15, -0.1) is 6.58 Å². The van der Waals surface area contributed by atoms with Crippen LogP contribution in [0.2, 0.25) is 0 Å². The number of rotatable bonds is 7. The number of aliphatic hydroxyl groups is 2. The maximum absolute atomic E-state index is 9.25. The first-order valence-electron chi connectivity index (χ1n) is 5.27. The zero-order valence-electron chi connectivity index (χ0n) is 9.30. The summed E-state index contributed by atoms with van der Waals surface area (Å²) in [5.74, 6) is 0. The third-order valence-electron chi connectivity index (χ3n) is 2.48. The lowest BCUT2D eigenvalue weighted by Crippen LogP contribution is -2.40. The minimum Gasteiger partial charge on any atom is -0.393 e. The SMILES string of the molecule is C=CCC(CO)(CO)OCc1ccccc1. The lowest BCUT2D eigenvalue weighted by Gasteiger charge is -2.28. The number of ether oxygens (including phenoxy) is 1. The zero-order chi connectivity index (χ0) is 11.9. The van der Waals surface area contributed by atoms with Crippen molar-refractivity contribution in [2.24, 2.45) is 0 Å². The predicted molar refractivity (Wildman–Crippen MR) is 62.9 cm³/mol. The third-order valence-corrected chi connectivity index (χ3v) is 2.48. The average molecular weight is 222 g/mol. The van der Waals surface area contributed by atoms with Gasteiger partial charge in [0.25, 0.3) is 0 Å². The second-order valence-electron chi connectivity index (χ2n) is 3.77. The summed E-state index contributed by atoms with van der Waals surface area (Å²) in [6.07, 6.45) is 2.06. The minimum absolute atomic E-state index is 0.220. The Morgan fingerprint density at radius 1 is 1.19 bits per heavy atom. The van der Waals surface area contributed by atoms with E-state index in [9.17, 15) is 10.2 Å². The molecule has 88 valence electrons. The maximum atomic E-state index is 9.25. The van der Waals surface area contributed by atoms with Crippen LogP contribution in [0.3, 0.4) is 0 Å². The van der Waals surface area contributed by atoms with E-state index in [0.29, 0.717) is 13.0 Å². The molecule has 0 atom stereocenters. The Morgan fingerprint density at radius 3 is 2.31 bits per heavy atom. The number of benzene rings is 1. The first kappa shape index (κ1) is 12.9. The summed E-state index contributed by atoms with van der Waals surface area (Å²) in [6, 6.07) is 9.65. The van der Waals surface area contributed by atoms with Crippen molar-refractivity contribution in [2.75, 3.05) is 13.2 Å². The minimum atomic E-state index is -0.919. The van der Waals surface area contributed by atoms with Crippen LogP contribution in [-0.2, 0) is 11.3 Å². The van der Waals surface area contributed by atoms with Gasteiger partial charge in [-0.25, -0.2) is 0 Å². The van der Waals surface area contributed by atoms with E-state index in [1.807, 2.05) is 30.3 Å². The number of aliphatic hydroxyl groups excluding tert-OH is 2. The van der Waals surface area contributed by atoms with E-state index in [-0.39, 0.29) is 13.2 Å². The second kappa shape index (κ2) is 6.43. The van der Waals surface area contributed by atoms with E-state index in [2.05, 4.69) is 6.58 Å². The largest absolute Gasteiger partial charge is 0.393 e. The summed E-state index contributed by atoms with van der Waals surface area (Å²) in [7, 11) is 0. The van der Waals surface area contributed by atoms with Crippen LogP contribution in [0.5, 0.6) is 0 Å². The molecule has 1 aromatic carbocycles. The smallest absolute Gasteiger partial charge is 0.118 e. The van der Waals surface area contributed by atoms with Crippen LogP contribution < -0.4 is 0 Å². The lowest BCUT2D eigenvalue weighted by atomic mass is 10.0. The van der Waals surface area contributed by atoms with Crippen LogP contribution >= 0.6 is 0 Å². The molecule has 0 amide bonds. The van der Waals surface area contributed by atoms with Gasteiger partial charge in [0.05, 0.1) is 19.8 Å². The Morgan fingerprint density at radius 2 is 1.81 bits per heavy atom. The molecule has 0 bridgehead atoms. The third kappa shape index (κ3) is 3.45. The molecule has 1 aromatic rings. The maximum Gasteiger partial charge on any atom is 0.118 e. The summed E-state index contributed by atoms with van der Waals surface area (Å²) < 4.78 is 5.58. The molecule has 0 fully saturated rings. The molecule has 0 aromatic heterocycles. The highest BCUT2D eigenvalue weighted by Crippen LogP contribution is 2.18. The highest BCUT2D eigenvalue weighted by molar-refractivity contribution is 5.13. The summed E-state index contributed by atoms with van der Waals surface area (Å²) in [5, 5.41) is 18.5. The van der Waals surface area contributed by atoms with E-state index in [4.69, 9.17) is 4.74 Å². The highest BCUT2D eigenvalue weighted by Gasteiger charge is 2.28. The van der Waals surface area contributed by atoms with Gasteiger partial charge in [0.15, 0.2) is 0 Å². The zero-order valence-corrected chi connectivity index (χ0v) is 9.30. The summed E-state index contributed by atoms with van der Waals surface area (Å²) in [4.78, 5) is 0. The average Bonchev–Trinajstić information content (AvgIpc) is 2.36. The lowest BCUT2D eigenvalue weighted by molar-refractivity contribution is -0.114. The normalized spacial score (nSPS) is 11.4. The van der Waals surface area contributed by atoms with Gasteiger partial charge in [0, 0.05) is 0 Å². The van der Waals surface area contributed by atoms with Crippen molar-refractivity contribution in [2.45, 2.75) is 18.6 Å². The Balaban J connectivity index is 2.59. The molecule has 1 rings (SSSR count). The molecule has 0 saturated carbocycles. The van der Waals surface area contributed by atoms with E-state index in [1.165, 1.54) is 0 Å². The van der Waals surface area contributed by atoms with Gasteiger partial charge in [0.2, 0.25) is 0 Å². The molecule has 0 spiro atoms. The molecular formula is C13H18O3. The molecule has 3 heteroatoms. The Bertz CT molecular complexity index is 304. The summed E-state index contributed by atoms with van der Waals surface area (Å²) in [6.45, 7) is 3.53. The molecule has 0 aliphatic heterocycles. The fraction of sp³-hybridized carbons (Fsp3) is 0.385. The van der Waals surface area contributed by atoms with Crippen LogP contribution in [0.15, 0.2) is 43.0 Å². The molecule has 3 nitrogen and oxygen atoms in total. The van der Waals surface area contributed by atoms with E-state index in [1.54, 1.807) is 6.08 Å².